The number of sulfonamides is 1. The number of morpholine rings is 1. The fourth-order valence-electron chi connectivity index (χ4n) is 3.24. The molecule has 10 heteroatoms. The Morgan fingerprint density at radius 1 is 1.23 bits per heavy atom. The molecule has 1 aromatic carbocycles. The Labute approximate surface area is 179 Å². The minimum Gasteiger partial charge on any atom is -0.379 e. The highest BCUT2D eigenvalue weighted by Crippen LogP contribution is 2.24. The summed E-state index contributed by atoms with van der Waals surface area (Å²) in [6.07, 6.45) is 1.75. The van der Waals surface area contributed by atoms with Crippen molar-refractivity contribution in [3.63, 3.8) is 0 Å². The van der Waals surface area contributed by atoms with Crippen molar-refractivity contribution in [2.24, 2.45) is 0 Å². The number of carbonyl (C=O) groups excluding carboxylic acids is 1. The van der Waals surface area contributed by atoms with Gasteiger partial charge in [0.25, 0.3) is 0 Å². The van der Waals surface area contributed by atoms with E-state index in [1.165, 1.54) is 10.4 Å². The van der Waals surface area contributed by atoms with E-state index in [2.05, 4.69) is 10.4 Å². The summed E-state index contributed by atoms with van der Waals surface area (Å²) in [5.74, 6) is -0.284. The van der Waals surface area contributed by atoms with Crippen LogP contribution < -0.4 is 5.32 Å². The van der Waals surface area contributed by atoms with Crippen molar-refractivity contribution in [3.05, 3.63) is 52.9 Å². The quantitative estimate of drug-likeness (QED) is 0.628. The monoisotopic (exact) mass is 446 g/mol. The van der Waals surface area contributed by atoms with Crippen molar-refractivity contribution >= 4 is 33.0 Å². The first kappa shape index (κ1) is 20.7. The van der Waals surface area contributed by atoms with Crippen LogP contribution in [0.15, 0.2) is 52.2 Å². The Bertz CT molecular complexity index is 1130. The molecule has 1 N–H and O–H groups in total. The van der Waals surface area contributed by atoms with Crippen LogP contribution in [-0.4, -0.2) is 54.7 Å². The summed E-state index contributed by atoms with van der Waals surface area (Å²) in [5.41, 5.74) is 2.88. The molecule has 1 amide bonds. The van der Waals surface area contributed by atoms with Crippen LogP contribution in [0.25, 0.3) is 11.3 Å². The molecule has 0 unspecified atom stereocenters. The van der Waals surface area contributed by atoms with Crippen molar-refractivity contribution in [3.8, 4) is 11.3 Å². The van der Waals surface area contributed by atoms with Gasteiger partial charge in [0, 0.05) is 35.9 Å². The van der Waals surface area contributed by atoms with E-state index in [1.807, 2.05) is 22.9 Å². The van der Waals surface area contributed by atoms with E-state index >= 15 is 0 Å². The minimum atomic E-state index is -3.65. The van der Waals surface area contributed by atoms with Gasteiger partial charge in [0.05, 0.1) is 23.8 Å². The number of nitrogens with zero attached hydrogens (tertiary/aromatic N) is 3. The zero-order valence-electron chi connectivity index (χ0n) is 16.4. The van der Waals surface area contributed by atoms with E-state index in [-0.39, 0.29) is 17.3 Å². The van der Waals surface area contributed by atoms with E-state index in [0.717, 1.165) is 11.3 Å². The number of ether oxygens (including phenoxy) is 1. The van der Waals surface area contributed by atoms with E-state index in [9.17, 15) is 13.2 Å². The lowest BCUT2D eigenvalue weighted by atomic mass is 10.2. The van der Waals surface area contributed by atoms with Gasteiger partial charge in [-0.2, -0.15) is 20.7 Å². The summed E-state index contributed by atoms with van der Waals surface area (Å²) in [4.78, 5) is 12.7. The van der Waals surface area contributed by atoms with Gasteiger partial charge in [0.15, 0.2) is 0 Å². The van der Waals surface area contributed by atoms with Crippen LogP contribution in [0.1, 0.15) is 5.56 Å². The number of aromatic nitrogens is 2. The van der Waals surface area contributed by atoms with E-state index < -0.39 is 10.0 Å². The molecular formula is C20H22N4O4S2. The second-order valence-corrected chi connectivity index (χ2v) is 9.64. The number of hydrogen-bond donors (Lipinski definition) is 1. The molecular weight excluding hydrogens is 424 g/mol. The lowest BCUT2D eigenvalue weighted by Gasteiger charge is -2.26. The molecule has 2 aromatic heterocycles. The van der Waals surface area contributed by atoms with Crippen LogP contribution in [0.3, 0.4) is 0 Å². The molecule has 1 aliphatic heterocycles. The topological polar surface area (TPSA) is 93.5 Å². The molecule has 3 heterocycles. The molecule has 0 spiro atoms. The molecule has 3 aromatic rings. The molecule has 4 rings (SSSR count). The first-order valence-electron chi connectivity index (χ1n) is 9.48. The van der Waals surface area contributed by atoms with Crippen molar-refractivity contribution in [1.82, 2.24) is 14.1 Å². The summed E-state index contributed by atoms with van der Waals surface area (Å²) in [6, 6.07) is 8.74. The molecule has 158 valence electrons. The largest absolute Gasteiger partial charge is 0.379 e. The molecule has 8 nitrogen and oxygen atoms in total. The first-order chi connectivity index (χ1) is 14.4. The number of nitrogens with one attached hydrogen (secondary N) is 1. The number of benzene rings is 1. The van der Waals surface area contributed by atoms with Crippen molar-refractivity contribution in [2.75, 3.05) is 31.6 Å². The minimum absolute atomic E-state index is 0.0313. The molecule has 0 radical (unpaired) electrons. The van der Waals surface area contributed by atoms with Crippen LogP contribution in [0.2, 0.25) is 0 Å². The van der Waals surface area contributed by atoms with Gasteiger partial charge in [-0.05, 0) is 42.1 Å². The summed E-state index contributed by atoms with van der Waals surface area (Å²) < 4.78 is 34.2. The van der Waals surface area contributed by atoms with Gasteiger partial charge < -0.3 is 10.1 Å². The van der Waals surface area contributed by atoms with E-state index in [0.29, 0.717) is 37.6 Å². The van der Waals surface area contributed by atoms with E-state index in [4.69, 9.17) is 4.74 Å². The van der Waals surface area contributed by atoms with Crippen molar-refractivity contribution in [2.45, 2.75) is 18.4 Å². The third-order valence-electron chi connectivity index (χ3n) is 4.82. The van der Waals surface area contributed by atoms with E-state index in [1.54, 1.807) is 41.3 Å². The number of amides is 1. The molecule has 0 saturated carbocycles. The Kier molecular flexibility index (Phi) is 6.00. The van der Waals surface area contributed by atoms with Crippen molar-refractivity contribution < 1.29 is 17.9 Å². The molecule has 0 bridgehead atoms. The van der Waals surface area contributed by atoms with Crippen LogP contribution >= 0.6 is 11.3 Å². The van der Waals surface area contributed by atoms with Gasteiger partial charge in [0.2, 0.25) is 15.9 Å². The smallest absolute Gasteiger partial charge is 0.246 e. The second-order valence-electron chi connectivity index (χ2n) is 6.96. The molecule has 1 aliphatic rings. The highest BCUT2D eigenvalue weighted by molar-refractivity contribution is 7.89. The Balaban J connectivity index is 1.47. The first-order valence-corrected chi connectivity index (χ1v) is 11.9. The third kappa shape index (κ3) is 4.46. The maximum atomic E-state index is 13.0. The molecule has 30 heavy (non-hydrogen) atoms. The Morgan fingerprint density at radius 2 is 2.03 bits per heavy atom. The number of carbonyl (C=O) groups is 1. The summed E-state index contributed by atoms with van der Waals surface area (Å²) >= 11 is 1.59. The third-order valence-corrected chi connectivity index (χ3v) is 7.55. The van der Waals surface area contributed by atoms with Gasteiger partial charge >= 0.3 is 0 Å². The summed E-state index contributed by atoms with van der Waals surface area (Å²) in [7, 11) is -3.65. The normalized spacial score (nSPS) is 15.2. The standard InChI is InChI=1S/C20H22N4O4S2/c1-15-2-3-17(12-19(15)30(26,27)24-7-9-28-10-8-24)21-20(25)13-23-6-4-18(22-23)16-5-11-29-14-16/h2-6,11-12,14H,7-10,13H2,1H3,(H,21,25). The Morgan fingerprint density at radius 3 is 2.77 bits per heavy atom. The lowest BCUT2D eigenvalue weighted by molar-refractivity contribution is -0.116. The fraction of sp³-hybridized carbons (Fsp3) is 0.300. The average molecular weight is 447 g/mol. The Hall–Kier alpha value is -2.53. The highest BCUT2D eigenvalue weighted by Gasteiger charge is 2.28. The maximum absolute atomic E-state index is 13.0. The van der Waals surface area contributed by atoms with Crippen molar-refractivity contribution in [1.29, 1.82) is 0 Å². The molecule has 0 aliphatic carbocycles. The summed E-state index contributed by atoms with van der Waals surface area (Å²) in [5, 5.41) is 11.2. The van der Waals surface area contributed by atoms with Gasteiger partial charge in [-0.15, -0.1) is 0 Å². The van der Waals surface area contributed by atoms with Gasteiger partial charge in [-0.1, -0.05) is 6.07 Å². The molecule has 1 fully saturated rings. The number of thiophene rings is 1. The molecule has 0 atom stereocenters. The van der Waals surface area contributed by atoms with Gasteiger partial charge in [-0.3, -0.25) is 9.48 Å². The predicted octanol–water partition coefficient (Wildman–Crippen LogP) is 2.58. The zero-order chi connectivity index (χ0) is 21.1. The predicted molar refractivity (Wildman–Crippen MR) is 115 cm³/mol. The highest BCUT2D eigenvalue weighted by atomic mass is 32.2. The number of aryl methyl sites for hydroxylation is 1. The maximum Gasteiger partial charge on any atom is 0.246 e. The SMILES string of the molecule is Cc1ccc(NC(=O)Cn2ccc(-c3ccsc3)n2)cc1S(=O)(=O)N1CCOCC1. The lowest BCUT2D eigenvalue weighted by Crippen LogP contribution is -2.40. The van der Waals surface area contributed by atoms with Crippen LogP contribution in [-0.2, 0) is 26.1 Å². The van der Waals surface area contributed by atoms with Crippen LogP contribution in [0, 0.1) is 6.92 Å². The van der Waals surface area contributed by atoms with Gasteiger partial charge in [-0.25, -0.2) is 8.42 Å². The fourth-order valence-corrected chi connectivity index (χ4v) is 5.55. The average Bonchev–Trinajstić information content (AvgIpc) is 3.42. The molecule has 1 saturated heterocycles. The van der Waals surface area contributed by atoms with Crippen LogP contribution in [0.5, 0.6) is 0 Å². The number of rotatable bonds is 6. The summed E-state index contributed by atoms with van der Waals surface area (Å²) in [6.45, 7) is 3.18. The second kappa shape index (κ2) is 8.68. The zero-order valence-corrected chi connectivity index (χ0v) is 18.1. The van der Waals surface area contributed by atoms with Crippen LogP contribution in [0.4, 0.5) is 5.69 Å². The van der Waals surface area contributed by atoms with Gasteiger partial charge in [0.1, 0.15) is 6.54 Å². The number of hydrogen-bond acceptors (Lipinski definition) is 6. The number of anilines is 1.